The maximum Gasteiger partial charge on any atom is 0.251 e. The van der Waals surface area contributed by atoms with Gasteiger partial charge in [0.2, 0.25) is 0 Å². The molecule has 1 saturated heterocycles. The first kappa shape index (κ1) is 16.9. The van der Waals surface area contributed by atoms with Gasteiger partial charge < -0.3 is 15.2 Å². The van der Waals surface area contributed by atoms with E-state index < -0.39 is 0 Å². The number of nitrogens with zero attached hydrogens (tertiary/aromatic N) is 1. The van der Waals surface area contributed by atoms with Crippen molar-refractivity contribution < 1.29 is 4.79 Å². The minimum absolute atomic E-state index is 0.0436. The zero-order valence-electron chi connectivity index (χ0n) is 14.9. The van der Waals surface area contributed by atoms with E-state index in [1.165, 1.54) is 16.6 Å². The van der Waals surface area contributed by atoms with E-state index in [0.717, 1.165) is 44.5 Å². The Kier molecular flexibility index (Phi) is 5.02. The molecule has 1 aliphatic heterocycles. The molecular formula is C22H25N3O. The normalized spacial score (nSPS) is 16.0. The Labute approximate surface area is 154 Å². The number of H-pyrrole nitrogens is 1. The molecule has 1 amide bonds. The number of aromatic amines is 1. The van der Waals surface area contributed by atoms with Crippen LogP contribution in [0.5, 0.6) is 0 Å². The molecule has 1 fully saturated rings. The summed E-state index contributed by atoms with van der Waals surface area (Å²) in [6.45, 7) is 3.14. The Balaban J connectivity index is 1.24. The SMILES string of the molecule is O=C(NC1CCN(CCc2cc3ccccc3[nH]2)CC1)c1ccccc1. The van der Waals surface area contributed by atoms with Gasteiger partial charge in [-0.15, -0.1) is 0 Å². The second-order valence-electron chi connectivity index (χ2n) is 7.09. The number of benzene rings is 2. The highest BCUT2D eigenvalue weighted by atomic mass is 16.1. The fraction of sp³-hybridized carbons (Fsp3) is 0.318. The van der Waals surface area contributed by atoms with Gasteiger partial charge in [-0.05, 0) is 42.5 Å². The molecule has 0 saturated carbocycles. The molecule has 0 bridgehead atoms. The van der Waals surface area contributed by atoms with Gasteiger partial charge in [-0.25, -0.2) is 0 Å². The summed E-state index contributed by atoms with van der Waals surface area (Å²) >= 11 is 0. The number of fused-ring (bicyclic) bond motifs is 1. The van der Waals surface area contributed by atoms with E-state index in [1.54, 1.807) is 0 Å². The Morgan fingerprint density at radius 2 is 1.77 bits per heavy atom. The van der Waals surface area contributed by atoms with Crippen LogP contribution in [0.4, 0.5) is 0 Å². The molecule has 0 radical (unpaired) electrons. The van der Waals surface area contributed by atoms with Crippen molar-refractivity contribution >= 4 is 16.8 Å². The van der Waals surface area contributed by atoms with Crippen LogP contribution < -0.4 is 5.32 Å². The van der Waals surface area contributed by atoms with Crippen LogP contribution in [0, 0.1) is 0 Å². The molecule has 4 rings (SSSR count). The molecule has 2 heterocycles. The summed E-state index contributed by atoms with van der Waals surface area (Å²) in [5, 5.41) is 4.46. The van der Waals surface area contributed by atoms with Gasteiger partial charge in [0.1, 0.15) is 0 Å². The number of likely N-dealkylation sites (tertiary alicyclic amines) is 1. The van der Waals surface area contributed by atoms with E-state index in [9.17, 15) is 4.79 Å². The van der Waals surface area contributed by atoms with Crippen molar-refractivity contribution in [3.63, 3.8) is 0 Å². The first-order valence-corrected chi connectivity index (χ1v) is 9.43. The van der Waals surface area contributed by atoms with Crippen molar-refractivity contribution in [1.29, 1.82) is 0 Å². The molecule has 134 valence electrons. The van der Waals surface area contributed by atoms with Gasteiger partial charge in [-0.2, -0.15) is 0 Å². The lowest BCUT2D eigenvalue weighted by Gasteiger charge is -2.32. The van der Waals surface area contributed by atoms with Crippen LogP contribution >= 0.6 is 0 Å². The van der Waals surface area contributed by atoms with Crippen LogP contribution in [0.3, 0.4) is 0 Å². The summed E-state index contributed by atoms with van der Waals surface area (Å²) in [6.07, 6.45) is 3.08. The number of carbonyl (C=O) groups is 1. The highest BCUT2D eigenvalue weighted by Gasteiger charge is 2.21. The maximum atomic E-state index is 12.3. The van der Waals surface area contributed by atoms with Gasteiger partial charge in [0.15, 0.2) is 0 Å². The first-order valence-electron chi connectivity index (χ1n) is 9.43. The summed E-state index contributed by atoms with van der Waals surface area (Å²) in [7, 11) is 0. The maximum absolute atomic E-state index is 12.3. The van der Waals surface area contributed by atoms with Crippen LogP contribution in [-0.2, 0) is 6.42 Å². The monoisotopic (exact) mass is 347 g/mol. The van der Waals surface area contributed by atoms with Gasteiger partial charge in [0.05, 0.1) is 0 Å². The van der Waals surface area contributed by atoms with Gasteiger partial charge in [0, 0.05) is 48.9 Å². The third-order valence-corrected chi connectivity index (χ3v) is 5.24. The molecule has 0 unspecified atom stereocenters. The summed E-state index contributed by atoms with van der Waals surface area (Å²) < 4.78 is 0. The zero-order valence-corrected chi connectivity index (χ0v) is 14.9. The van der Waals surface area contributed by atoms with Crippen molar-refractivity contribution in [3.8, 4) is 0 Å². The average Bonchev–Trinajstić information content (AvgIpc) is 3.11. The smallest absolute Gasteiger partial charge is 0.251 e. The Morgan fingerprint density at radius 1 is 1.04 bits per heavy atom. The zero-order chi connectivity index (χ0) is 17.8. The lowest BCUT2D eigenvalue weighted by atomic mass is 10.0. The number of piperidine rings is 1. The summed E-state index contributed by atoms with van der Waals surface area (Å²) in [5.74, 6) is 0.0436. The molecule has 0 spiro atoms. The van der Waals surface area contributed by atoms with Crippen LogP contribution in [0.25, 0.3) is 10.9 Å². The van der Waals surface area contributed by atoms with E-state index >= 15 is 0 Å². The van der Waals surface area contributed by atoms with Crippen molar-refractivity contribution in [3.05, 3.63) is 71.9 Å². The molecule has 26 heavy (non-hydrogen) atoms. The van der Waals surface area contributed by atoms with Crippen molar-refractivity contribution in [1.82, 2.24) is 15.2 Å². The molecule has 3 aromatic rings. The number of amides is 1. The van der Waals surface area contributed by atoms with E-state index in [1.807, 2.05) is 30.3 Å². The van der Waals surface area contributed by atoms with Gasteiger partial charge >= 0.3 is 0 Å². The molecule has 2 N–H and O–H groups in total. The topological polar surface area (TPSA) is 48.1 Å². The lowest BCUT2D eigenvalue weighted by molar-refractivity contribution is 0.0911. The predicted molar refractivity (Wildman–Crippen MR) is 105 cm³/mol. The Bertz CT molecular complexity index is 830. The third-order valence-electron chi connectivity index (χ3n) is 5.24. The number of carbonyl (C=O) groups excluding carboxylic acids is 1. The van der Waals surface area contributed by atoms with Crippen LogP contribution in [0.15, 0.2) is 60.7 Å². The number of rotatable bonds is 5. The minimum Gasteiger partial charge on any atom is -0.358 e. The minimum atomic E-state index is 0.0436. The molecule has 4 nitrogen and oxygen atoms in total. The highest BCUT2D eigenvalue weighted by Crippen LogP contribution is 2.16. The van der Waals surface area contributed by atoms with Crippen LogP contribution in [0.2, 0.25) is 0 Å². The summed E-state index contributed by atoms with van der Waals surface area (Å²) in [4.78, 5) is 18.3. The van der Waals surface area contributed by atoms with Crippen LogP contribution in [0.1, 0.15) is 28.9 Å². The number of aromatic nitrogens is 1. The third kappa shape index (κ3) is 3.97. The fourth-order valence-electron chi connectivity index (χ4n) is 3.71. The molecule has 4 heteroatoms. The fourth-order valence-corrected chi connectivity index (χ4v) is 3.71. The quantitative estimate of drug-likeness (QED) is 0.741. The Hall–Kier alpha value is -2.59. The molecule has 0 aliphatic carbocycles. The van der Waals surface area contributed by atoms with E-state index in [-0.39, 0.29) is 11.9 Å². The molecule has 1 aromatic heterocycles. The highest BCUT2D eigenvalue weighted by molar-refractivity contribution is 5.94. The van der Waals surface area contributed by atoms with Crippen molar-refractivity contribution in [2.75, 3.05) is 19.6 Å². The van der Waals surface area contributed by atoms with Crippen molar-refractivity contribution in [2.24, 2.45) is 0 Å². The summed E-state index contributed by atoms with van der Waals surface area (Å²) in [6, 6.07) is 20.4. The van der Waals surface area contributed by atoms with Gasteiger partial charge in [-0.1, -0.05) is 36.4 Å². The van der Waals surface area contributed by atoms with Crippen LogP contribution in [-0.4, -0.2) is 41.5 Å². The number of hydrogen-bond acceptors (Lipinski definition) is 2. The van der Waals surface area contributed by atoms with Gasteiger partial charge in [-0.3, -0.25) is 4.79 Å². The van der Waals surface area contributed by atoms with E-state index in [2.05, 4.69) is 45.5 Å². The lowest BCUT2D eigenvalue weighted by Crippen LogP contribution is -2.45. The van der Waals surface area contributed by atoms with E-state index in [0.29, 0.717) is 0 Å². The van der Waals surface area contributed by atoms with Gasteiger partial charge in [0.25, 0.3) is 5.91 Å². The average molecular weight is 347 g/mol. The second kappa shape index (κ2) is 7.75. The number of para-hydroxylation sites is 1. The molecule has 1 aliphatic rings. The Morgan fingerprint density at radius 3 is 2.54 bits per heavy atom. The molecule has 0 atom stereocenters. The second-order valence-corrected chi connectivity index (χ2v) is 7.09. The first-order chi connectivity index (χ1) is 12.8. The standard InChI is InChI=1S/C22H25N3O/c26-22(17-6-2-1-3-7-17)24-19-10-13-25(14-11-19)15-12-20-16-18-8-4-5-9-21(18)23-20/h1-9,16,19,23H,10-15H2,(H,24,26). The van der Waals surface area contributed by atoms with Crippen molar-refractivity contribution in [2.45, 2.75) is 25.3 Å². The largest absolute Gasteiger partial charge is 0.358 e. The van der Waals surface area contributed by atoms with E-state index in [4.69, 9.17) is 0 Å². The number of nitrogens with one attached hydrogen (secondary N) is 2. The predicted octanol–water partition coefficient (Wildman–Crippen LogP) is 3.60. The molecular weight excluding hydrogens is 322 g/mol. The number of hydrogen-bond donors (Lipinski definition) is 2. The summed E-state index contributed by atoms with van der Waals surface area (Å²) in [5.41, 5.74) is 3.25. The molecule has 2 aromatic carbocycles.